The molecule has 1 aliphatic heterocycles. The molecule has 0 radical (unpaired) electrons. The number of hydrogen-bond donors (Lipinski definition) is 1. The Kier molecular flexibility index (Phi) is 4.96. The van der Waals surface area contributed by atoms with Crippen molar-refractivity contribution in [1.29, 1.82) is 0 Å². The first-order valence-electron chi connectivity index (χ1n) is 8.37. The summed E-state index contributed by atoms with van der Waals surface area (Å²) in [6.07, 6.45) is 7.25. The zero-order chi connectivity index (χ0) is 15.7. The summed E-state index contributed by atoms with van der Waals surface area (Å²) in [6.45, 7) is 8.66. The van der Waals surface area contributed by atoms with E-state index in [1.165, 1.54) is 6.42 Å². The van der Waals surface area contributed by atoms with Crippen LogP contribution in [0.15, 0.2) is 0 Å². The maximum Gasteiger partial charge on any atom is 0.235 e. The average Bonchev–Trinajstić information content (AvgIpc) is 2.75. The largest absolute Gasteiger partial charge is 0.392 e. The van der Waals surface area contributed by atoms with Crippen LogP contribution in [0.2, 0.25) is 0 Å². The second-order valence-corrected chi connectivity index (χ2v) is 8.38. The van der Waals surface area contributed by atoms with Gasteiger partial charge in [0.1, 0.15) is 0 Å². The molecule has 1 heterocycles. The summed E-state index contributed by atoms with van der Waals surface area (Å²) in [5.41, 5.74) is 5.76. The summed E-state index contributed by atoms with van der Waals surface area (Å²) in [5.74, 6) is 0.904. The van der Waals surface area contributed by atoms with Crippen molar-refractivity contribution in [3.63, 3.8) is 0 Å². The molecule has 1 aliphatic carbocycles. The molecule has 1 amide bonds. The van der Waals surface area contributed by atoms with Gasteiger partial charge < -0.3 is 10.6 Å². The minimum Gasteiger partial charge on any atom is -0.392 e. The van der Waals surface area contributed by atoms with Gasteiger partial charge in [-0.05, 0) is 43.4 Å². The Balaban J connectivity index is 2.08. The fourth-order valence-corrected chi connectivity index (χ4v) is 4.30. The Bertz CT molecular complexity index is 408. The number of rotatable bonds is 2. The van der Waals surface area contributed by atoms with Crippen molar-refractivity contribution in [2.45, 2.75) is 65.7 Å². The van der Waals surface area contributed by atoms with E-state index in [9.17, 15) is 4.79 Å². The molecule has 2 rings (SSSR count). The lowest BCUT2D eigenvalue weighted by atomic mass is 9.77. The van der Waals surface area contributed by atoms with Gasteiger partial charge in [-0.15, -0.1) is 0 Å². The van der Waals surface area contributed by atoms with Crippen molar-refractivity contribution in [2.24, 2.45) is 22.5 Å². The van der Waals surface area contributed by atoms with Crippen LogP contribution in [0, 0.1) is 16.7 Å². The highest BCUT2D eigenvalue weighted by atomic mass is 32.1. The first-order valence-corrected chi connectivity index (χ1v) is 8.77. The lowest BCUT2D eigenvalue weighted by Crippen LogP contribution is -2.49. The lowest BCUT2D eigenvalue weighted by Gasteiger charge is -2.34. The van der Waals surface area contributed by atoms with E-state index in [-0.39, 0.29) is 5.91 Å². The van der Waals surface area contributed by atoms with Gasteiger partial charge in [0.25, 0.3) is 0 Å². The average molecular weight is 311 g/mol. The fraction of sp³-hybridized carbons (Fsp3) is 0.882. The number of likely N-dealkylation sites (tertiary alicyclic amines) is 1. The summed E-state index contributed by atoms with van der Waals surface area (Å²) in [5, 5.41) is 0. The van der Waals surface area contributed by atoms with Crippen LogP contribution in [0.4, 0.5) is 0 Å². The minimum absolute atomic E-state index is 0.210. The van der Waals surface area contributed by atoms with E-state index < -0.39 is 5.41 Å². The lowest BCUT2D eigenvalue weighted by molar-refractivity contribution is -0.138. The summed E-state index contributed by atoms with van der Waals surface area (Å²) in [4.78, 5) is 15.5. The van der Waals surface area contributed by atoms with Gasteiger partial charge in [-0.1, -0.05) is 45.8 Å². The zero-order valence-electron chi connectivity index (χ0n) is 13.8. The van der Waals surface area contributed by atoms with Gasteiger partial charge >= 0.3 is 0 Å². The van der Waals surface area contributed by atoms with E-state index >= 15 is 0 Å². The third-order valence-corrected chi connectivity index (χ3v) is 5.97. The molecule has 0 aromatic rings. The monoisotopic (exact) mass is 310 g/mol. The molecule has 2 fully saturated rings. The molecule has 1 unspecified atom stereocenters. The van der Waals surface area contributed by atoms with Crippen LogP contribution in [0.25, 0.3) is 0 Å². The zero-order valence-corrected chi connectivity index (χ0v) is 14.6. The number of thiocarbonyl (C=S) groups is 1. The molecule has 2 aliphatic rings. The highest BCUT2D eigenvalue weighted by molar-refractivity contribution is 7.80. The first kappa shape index (κ1) is 16.7. The van der Waals surface area contributed by atoms with Crippen molar-refractivity contribution in [3.8, 4) is 0 Å². The van der Waals surface area contributed by atoms with Gasteiger partial charge in [0.15, 0.2) is 0 Å². The van der Waals surface area contributed by atoms with Crippen LogP contribution in [-0.2, 0) is 4.79 Å². The maximum absolute atomic E-state index is 13.0. The quantitative estimate of drug-likeness (QED) is 0.794. The topological polar surface area (TPSA) is 46.3 Å². The molecule has 4 heteroatoms. The molecule has 2 N–H and O–H groups in total. The molecule has 1 saturated heterocycles. The number of carbonyl (C=O) groups is 1. The van der Waals surface area contributed by atoms with Crippen LogP contribution in [0.1, 0.15) is 65.7 Å². The minimum atomic E-state index is -0.531. The molecular weight excluding hydrogens is 280 g/mol. The molecule has 0 spiro atoms. The summed E-state index contributed by atoms with van der Waals surface area (Å²) in [7, 11) is 0. The molecule has 0 aromatic carbocycles. The number of carbonyl (C=O) groups excluding carboxylic acids is 1. The second kappa shape index (κ2) is 6.23. The van der Waals surface area contributed by atoms with Crippen molar-refractivity contribution in [2.75, 3.05) is 13.1 Å². The van der Waals surface area contributed by atoms with E-state index in [1.54, 1.807) is 0 Å². The van der Waals surface area contributed by atoms with Gasteiger partial charge in [0.2, 0.25) is 5.91 Å². The molecule has 21 heavy (non-hydrogen) atoms. The number of amides is 1. The Labute approximate surface area is 134 Å². The van der Waals surface area contributed by atoms with E-state index in [1.807, 2.05) is 0 Å². The second-order valence-electron chi connectivity index (χ2n) is 7.94. The molecule has 1 saturated carbocycles. The smallest absolute Gasteiger partial charge is 0.235 e. The maximum atomic E-state index is 13.0. The normalized spacial score (nSPS) is 26.4. The van der Waals surface area contributed by atoms with Gasteiger partial charge in [0.05, 0.1) is 10.4 Å². The van der Waals surface area contributed by atoms with Gasteiger partial charge in [-0.3, -0.25) is 4.79 Å². The van der Waals surface area contributed by atoms with Crippen molar-refractivity contribution < 1.29 is 4.79 Å². The molecule has 3 nitrogen and oxygen atoms in total. The van der Waals surface area contributed by atoms with E-state index in [0.29, 0.717) is 16.3 Å². The molecule has 1 atom stereocenters. The number of nitrogens with two attached hydrogens (primary N) is 1. The predicted molar refractivity (Wildman–Crippen MR) is 91.1 cm³/mol. The van der Waals surface area contributed by atoms with Crippen LogP contribution < -0.4 is 5.73 Å². The van der Waals surface area contributed by atoms with Gasteiger partial charge in [-0.2, -0.15) is 0 Å². The molecule has 0 bridgehead atoms. The number of nitrogens with zero attached hydrogens (tertiary/aromatic N) is 1. The SMILES string of the molecule is CC(C)(C)C1CCCN(C(=O)C2(C(N)=S)CCCC2)CC1. The van der Waals surface area contributed by atoms with Gasteiger partial charge in [0, 0.05) is 13.1 Å². The Morgan fingerprint density at radius 1 is 1.14 bits per heavy atom. The van der Waals surface area contributed by atoms with Crippen LogP contribution in [0.5, 0.6) is 0 Å². The third-order valence-electron chi connectivity index (χ3n) is 5.58. The summed E-state index contributed by atoms with van der Waals surface area (Å²) < 4.78 is 0. The third kappa shape index (κ3) is 3.41. The predicted octanol–water partition coefficient (Wildman–Crippen LogP) is 3.51. The van der Waals surface area contributed by atoms with Crippen LogP contribution in [0.3, 0.4) is 0 Å². The molecule has 0 aromatic heterocycles. The fourth-order valence-electron chi connectivity index (χ4n) is 4.01. The molecule has 120 valence electrons. The Morgan fingerprint density at radius 3 is 2.29 bits per heavy atom. The van der Waals surface area contributed by atoms with Crippen LogP contribution >= 0.6 is 12.2 Å². The van der Waals surface area contributed by atoms with E-state index in [0.717, 1.165) is 51.6 Å². The number of hydrogen-bond acceptors (Lipinski definition) is 2. The highest BCUT2D eigenvalue weighted by Crippen LogP contribution is 2.41. The molecular formula is C17H30N2OS. The standard InChI is InChI=1S/C17H30N2OS/c1-16(2,3)13-7-6-11-19(12-8-13)15(20)17(14(18)21)9-4-5-10-17/h13H,4-12H2,1-3H3,(H2,18,21). The van der Waals surface area contributed by atoms with Crippen molar-refractivity contribution in [3.05, 3.63) is 0 Å². The van der Waals surface area contributed by atoms with Crippen molar-refractivity contribution >= 4 is 23.1 Å². The van der Waals surface area contributed by atoms with E-state index in [4.69, 9.17) is 18.0 Å². The van der Waals surface area contributed by atoms with E-state index in [2.05, 4.69) is 25.7 Å². The first-order chi connectivity index (χ1) is 9.77. The summed E-state index contributed by atoms with van der Waals surface area (Å²) in [6, 6.07) is 0. The van der Waals surface area contributed by atoms with Crippen LogP contribution in [-0.4, -0.2) is 28.9 Å². The highest BCUT2D eigenvalue weighted by Gasteiger charge is 2.46. The Hall–Kier alpha value is -0.640. The Morgan fingerprint density at radius 2 is 1.76 bits per heavy atom. The van der Waals surface area contributed by atoms with Crippen molar-refractivity contribution in [1.82, 2.24) is 4.90 Å². The summed E-state index contributed by atoms with van der Waals surface area (Å²) >= 11 is 5.26. The van der Waals surface area contributed by atoms with Gasteiger partial charge in [-0.25, -0.2) is 0 Å².